The van der Waals surface area contributed by atoms with Gasteiger partial charge in [-0.25, -0.2) is 8.78 Å². The quantitative estimate of drug-likeness (QED) is 0.714. The molecule has 0 spiro atoms. The fraction of sp³-hybridized carbons (Fsp3) is 0.364. The molecular weight excluding hydrogens is 222 g/mol. The molecule has 0 aromatic heterocycles. The Hall–Kier alpha value is -0.960. The zero-order chi connectivity index (χ0) is 11.1. The van der Waals surface area contributed by atoms with Crippen LogP contribution in [0, 0.1) is 5.82 Å². The molecule has 1 saturated carbocycles. The molecule has 15 heavy (non-hydrogen) atoms. The van der Waals surface area contributed by atoms with Crippen molar-refractivity contribution in [3.05, 3.63) is 35.6 Å². The van der Waals surface area contributed by atoms with E-state index in [1.54, 1.807) is 0 Å². The van der Waals surface area contributed by atoms with Crippen LogP contribution in [0.5, 0.6) is 0 Å². The van der Waals surface area contributed by atoms with Crippen LogP contribution < -0.4 is 0 Å². The molecule has 1 nitrogen and oxygen atoms in total. The van der Waals surface area contributed by atoms with Crippen LogP contribution >= 0.6 is 11.6 Å². The van der Waals surface area contributed by atoms with Crippen molar-refractivity contribution in [2.75, 3.05) is 0 Å². The maximum absolute atomic E-state index is 12.9. The van der Waals surface area contributed by atoms with Gasteiger partial charge in [-0.2, -0.15) is 0 Å². The second-order valence-electron chi connectivity index (χ2n) is 3.87. The molecule has 0 heterocycles. The lowest BCUT2D eigenvalue weighted by molar-refractivity contribution is -0.122. The van der Waals surface area contributed by atoms with Crippen molar-refractivity contribution >= 4 is 16.8 Å². The van der Waals surface area contributed by atoms with E-state index < -0.39 is 16.8 Å². The molecule has 0 N–H and O–H groups in total. The maximum atomic E-state index is 12.9. The van der Waals surface area contributed by atoms with Gasteiger partial charge in [-0.1, -0.05) is 12.1 Å². The highest BCUT2D eigenvalue weighted by Crippen LogP contribution is 2.47. The fourth-order valence-electron chi connectivity index (χ4n) is 1.98. The molecule has 2 rings (SSSR count). The Kier molecular flexibility index (Phi) is 2.51. The molecule has 0 radical (unpaired) electrons. The maximum Gasteiger partial charge on any atom is 0.232 e. The molecule has 1 fully saturated rings. The SMILES string of the molecule is O=C(Cl)C1(c2ccc(F)cc2)CC(F)C1. The summed E-state index contributed by atoms with van der Waals surface area (Å²) in [6, 6.07) is 5.48. The monoisotopic (exact) mass is 230 g/mol. The Morgan fingerprint density at radius 2 is 1.87 bits per heavy atom. The zero-order valence-electron chi connectivity index (χ0n) is 7.84. The predicted molar refractivity (Wildman–Crippen MR) is 53.1 cm³/mol. The number of alkyl halides is 1. The van der Waals surface area contributed by atoms with Crippen molar-refractivity contribution in [3.63, 3.8) is 0 Å². The van der Waals surface area contributed by atoms with E-state index in [0.29, 0.717) is 5.56 Å². The average molecular weight is 231 g/mol. The van der Waals surface area contributed by atoms with Gasteiger partial charge in [0.05, 0.1) is 5.41 Å². The van der Waals surface area contributed by atoms with E-state index in [4.69, 9.17) is 11.6 Å². The lowest BCUT2D eigenvalue weighted by Gasteiger charge is -2.41. The highest BCUT2D eigenvalue weighted by atomic mass is 35.5. The van der Waals surface area contributed by atoms with E-state index in [0.717, 1.165) is 0 Å². The largest absolute Gasteiger partial charge is 0.280 e. The van der Waals surface area contributed by atoms with Crippen LogP contribution in [0.25, 0.3) is 0 Å². The summed E-state index contributed by atoms with van der Waals surface area (Å²) >= 11 is 5.48. The van der Waals surface area contributed by atoms with Gasteiger partial charge in [0.15, 0.2) is 0 Å². The fourth-order valence-corrected chi connectivity index (χ4v) is 2.24. The third kappa shape index (κ3) is 1.65. The summed E-state index contributed by atoms with van der Waals surface area (Å²) < 4.78 is 25.5. The van der Waals surface area contributed by atoms with E-state index in [1.807, 2.05) is 0 Å². The van der Waals surface area contributed by atoms with Gasteiger partial charge in [0, 0.05) is 0 Å². The standard InChI is InChI=1S/C11H9ClF2O/c12-10(15)11(5-9(14)6-11)7-1-3-8(13)4-2-7/h1-4,9H,5-6H2. The molecule has 4 heteroatoms. The number of carbonyl (C=O) groups excluding carboxylic acids is 1. The van der Waals surface area contributed by atoms with Crippen molar-refractivity contribution in [2.45, 2.75) is 24.4 Å². The Labute approximate surface area is 91.0 Å². The van der Waals surface area contributed by atoms with Gasteiger partial charge in [-0.15, -0.1) is 0 Å². The molecule has 0 unspecified atom stereocenters. The summed E-state index contributed by atoms with van der Waals surface area (Å²) in [4.78, 5) is 11.3. The smallest absolute Gasteiger partial charge is 0.232 e. The van der Waals surface area contributed by atoms with Crippen molar-refractivity contribution in [1.82, 2.24) is 0 Å². The summed E-state index contributed by atoms with van der Waals surface area (Å²) in [7, 11) is 0. The molecule has 0 amide bonds. The number of hydrogen-bond acceptors (Lipinski definition) is 1. The Bertz CT molecular complexity index is 382. The molecule has 1 aromatic carbocycles. The molecular formula is C11H9ClF2O. The number of carbonyl (C=O) groups is 1. The lowest BCUT2D eigenvalue weighted by Crippen LogP contribution is -2.47. The Morgan fingerprint density at radius 3 is 2.27 bits per heavy atom. The van der Waals surface area contributed by atoms with Crippen molar-refractivity contribution in [2.24, 2.45) is 0 Å². The molecule has 0 bridgehead atoms. The van der Waals surface area contributed by atoms with Crippen molar-refractivity contribution < 1.29 is 13.6 Å². The van der Waals surface area contributed by atoms with Crippen LogP contribution in [0.2, 0.25) is 0 Å². The molecule has 80 valence electrons. The number of halogens is 3. The van der Waals surface area contributed by atoms with E-state index in [-0.39, 0.29) is 18.7 Å². The van der Waals surface area contributed by atoms with Gasteiger partial charge < -0.3 is 0 Å². The second-order valence-corrected chi connectivity index (χ2v) is 4.21. The van der Waals surface area contributed by atoms with Gasteiger partial charge in [-0.3, -0.25) is 4.79 Å². The first-order valence-electron chi connectivity index (χ1n) is 4.65. The van der Waals surface area contributed by atoms with E-state index in [9.17, 15) is 13.6 Å². The first kappa shape index (κ1) is 10.6. The third-order valence-electron chi connectivity index (χ3n) is 2.91. The van der Waals surface area contributed by atoms with Crippen LogP contribution in [0.4, 0.5) is 8.78 Å². The highest BCUT2D eigenvalue weighted by Gasteiger charge is 2.51. The first-order valence-corrected chi connectivity index (χ1v) is 5.02. The van der Waals surface area contributed by atoms with Gasteiger partial charge in [0.1, 0.15) is 12.0 Å². The summed E-state index contributed by atoms with van der Waals surface area (Å²) in [6.07, 6.45) is -0.792. The molecule has 0 aliphatic heterocycles. The van der Waals surface area contributed by atoms with Gasteiger partial charge >= 0.3 is 0 Å². The number of hydrogen-bond donors (Lipinski definition) is 0. The topological polar surface area (TPSA) is 17.1 Å². The second kappa shape index (κ2) is 3.56. The molecule has 0 atom stereocenters. The molecule has 1 aliphatic rings. The summed E-state index contributed by atoms with van der Waals surface area (Å²) in [5.74, 6) is -0.382. The van der Waals surface area contributed by atoms with Crippen molar-refractivity contribution in [3.8, 4) is 0 Å². The van der Waals surface area contributed by atoms with E-state index >= 15 is 0 Å². The third-order valence-corrected chi connectivity index (χ3v) is 3.27. The normalized spacial score (nSPS) is 29.7. The molecule has 0 saturated heterocycles. The van der Waals surface area contributed by atoms with Crippen LogP contribution in [0.3, 0.4) is 0 Å². The van der Waals surface area contributed by atoms with Crippen LogP contribution in [-0.2, 0) is 10.2 Å². The number of rotatable bonds is 2. The van der Waals surface area contributed by atoms with Gasteiger partial charge in [0.25, 0.3) is 0 Å². The predicted octanol–water partition coefficient (Wildman–Crippen LogP) is 2.96. The average Bonchev–Trinajstić information content (AvgIpc) is 2.13. The van der Waals surface area contributed by atoms with Crippen molar-refractivity contribution in [1.29, 1.82) is 0 Å². The zero-order valence-corrected chi connectivity index (χ0v) is 8.60. The summed E-state index contributed by atoms with van der Waals surface area (Å²) in [5, 5.41) is -0.567. The highest BCUT2D eigenvalue weighted by molar-refractivity contribution is 6.65. The minimum absolute atomic E-state index is 0.0982. The van der Waals surface area contributed by atoms with Crippen LogP contribution in [-0.4, -0.2) is 11.4 Å². The van der Waals surface area contributed by atoms with Crippen LogP contribution in [0.1, 0.15) is 18.4 Å². The molecule has 1 aromatic rings. The van der Waals surface area contributed by atoms with Crippen LogP contribution in [0.15, 0.2) is 24.3 Å². The van der Waals surface area contributed by atoms with E-state index in [1.165, 1.54) is 24.3 Å². The van der Waals surface area contributed by atoms with Gasteiger partial charge in [0.2, 0.25) is 5.24 Å². The Balaban J connectivity index is 2.34. The van der Waals surface area contributed by atoms with Gasteiger partial charge in [-0.05, 0) is 42.1 Å². The minimum Gasteiger partial charge on any atom is -0.280 e. The Morgan fingerprint density at radius 1 is 1.33 bits per heavy atom. The minimum atomic E-state index is -0.988. The molecule has 1 aliphatic carbocycles. The summed E-state index contributed by atoms with van der Waals surface area (Å²) in [6.45, 7) is 0. The van der Waals surface area contributed by atoms with E-state index in [2.05, 4.69) is 0 Å². The number of benzene rings is 1. The summed E-state index contributed by atoms with van der Waals surface area (Å²) in [5.41, 5.74) is -0.341. The first-order chi connectivity index (χ1) is 7.04. The lowest BCUT2D eigenvalue weighted by atomic mass is 9.64.